The minimum atomic E-state index is 0.609. The highest BCUT2D eigenvalue weighted by molar-refractivity contribution is 5.68. The number of hydrogen-bond acceptors (Lipinski definition) is 3. The zero-order chi connectivity index (χ0) is 13.8. The van der Waals surface area contributed by atoms with Gasteiger partial charge < -0.3 is 10.2 Å². The molecule has 0 unspecified atom stereocenters. The van der Waals surface area contributed by atoms with Crippen LogP contribution in [0, 0.1) is 11.8 Å². The van der Waals surface area contributed by atoms with E-state index in [9.17, 15) is 0 Å². The zero-order valence-corrected chi connectivity index (χ0v) is 12.7. The second-order valence-electron chi connectivity index (χ2n) is 6.29. The first-order valence-electron chi connectivity index (χ1n) is 7.45. The maximum atomic E-state index is 4.25. The van der Waals surface area contributed by atoms with Crippen LogP contribution in [0.1, 0.15) is 39.5 Å². The summed E-state index contributed by atoms with van der Waals surface area (Å²) >= 11 is 0. The lowest BCUT2D eigenvalue weighted by Crippen LogP contribution is -2.28. The summed E-state index contributed by atoms with van der Waals surface area (Å²) < 4.78 is 0. The molecule has 0 aromatic carbocycles. The quantitative estimate of drug-likeness (QED) is 0.894. The molecule has 0 amide bonds. The first-order valence-corrected chi connectivity index (χ1v) is 7.45. The molecule has 3 heteroatoms. The average molecular weight is 261 g/mol. The lowest BCUT2D eigenvalue weighted by Gasteiger charge is -2.32. The Bertz CT molecular complexity index is 393. The van der Waals surface area contributed by atoms with Gasteiger partial charge in [0.2, 0.25) is 0 Å². The predicted molar refractivity (Wildman–Crippen MR) is 82.8 cm³/mol. The smallest absolute Gasteiger partial charge is 0.0766 e. The van der Waals surface area contributed by atoms with Crippen LogP contribution in [0.15, 0.2) is 18.5 Å². The fraction of sp³-hybridized carbons (Fsp3) is 0.688. The van der Waals surface area contributed by atoms with Crippen LogP contribution in [-0.2, 0) is 0 Å². The van der Waals surface area contributed by atoms with E-state index in [1.54, 1.807) is 0 Å². The van der Waals surface area contributed by atoms with Crippen LogP contribution in [0.4, 0.5) is 11.4 Å². The number of hydrogen-bond donors (Lipinski definition) is 1. The lowest BCUT2D eigenvalue weighted by molar-refractivity contribution is 0.267. The van der Waals surface area contributed by atoms with Gasteiger partial charge in [-0.25, -0.2) is 0 Å². The summed E-state index contributed by atoms with van der Waals surface area (Å²) in [4.78, 5) is 6.39. The van der Waals surface area contributed by atoms with Gasteiger partial charge in [0.25, 0.3) is 0 Å². The summed E-state index contributed by atoms with van der Waals surface area (Å²) in [6.07, 6.45) is 9.08. The SMILES string of the molecule is CC(C)C1CCC(Nc2cnccc2N(C)C)CC1. The van der Waals surface area contributed by atoms with Crippen molar-refractivity contribution in [3.8, 4) is 0 Å². The zero-order valence-electron chi connectivity index (χ0n) is 12.7. The van der Waals surface area contributed by atoms with Gasteiger partial charge in [0.05, 0.1) is 17.6 Å². The summed E-state index contributed by atoms with van der Waals surface area (Å²) in [5.41, 5.74) is 2.39. The summed E-state index contributed by atoms with van der Waals surface area (Å²) in [5.74, 6) is 1.75. The minimum absolute atomic E-state index is 0.609. The summed E-state index contributed by atoms with van der Waals surface area (Å²) in [6.45, 7) is 4.70. The van der Waals surface area contributed by atoms with Gasteiger partial charge in [-0.05, 0) is 43.6 Å². The van der Waals surface area contributed by atoms with Gasteiger partial charge in [0, 0.05) is 26.3 Å². The largest absolute Gasteiger partial charge is 0.379 e. The maximum absolute atomic E-state index is 4.25. The molecule has 1 aromatic heterocycles. The third-order valence-electron chi connectivity index (χ3n) is 4.35. The van der Waals surface area contributed by atoms with Crippen molar-refractivity contribution < 1.29 is 0 Å². The van der Waals surface area contributed by atoms with Crippen LogP contribution in [-0.4, -0.2) is 25.1 Å². The number of rotatable bonds is 4. The van der Waals surface area contributed by atoms with Crippen molar-refractivity contribution in [3.05, 3.63) is 18.5 Å². The van der Waals surface area contributed by atoms with Crippen LogP contribution in [0.5, 0.6) is 0 Å². The second kappa shape index (κ2) is 6.27. The number of aromatic nitrogens is 1. The Hall–Kier alpha value is -1.25. The van der Waals surface area contributed by atoms with Gasteiger partial charge in [0.1, 0.15) is 0 Å². The van der Waals surface area contributed by atoms with E-state index in [0.717, 1.165) is 11.8 Å². The number of anilines is 2. The first-order chi connectivity index (χ1) is 9.08. The molecule has 0 atom stereocenters. The highest BCUT2D eigenvalue weighted by Crippen LogP contribution is 2.32. The highest BCUT2D eigenvalue weighted by atomic mass is 15.1. The third kappa shape index (κ3) is 3.62. The van der Waals surface area contributed by atoms with E-state index in [2.05, 4.69) is 49.2 Å². The van der Waals surface area contributed by atoms with E-state index in [4.69, 9.17) is 0 Å². The molecule has 1 fully saturated rings. The van der Waals surface area contributed by atoms with E-state index in [1.807, 2.05) is 12.4 Å². The average Bonchev–Trinajstić information content (AvgIpc) is 2.39. The Balaban J connectivity index is 1.96. The van der Waals surface area contributed by atoms with E-state index in [1.165, 1.54) is 37.1 Å². The first kappa shape index (κ1) is 14.2. The molecular formula is C16H27N3. The van der Waals surface area contributed by atoms with Crippen molar-refractivity contribution in [2.24, 2.45) is 11.8 Å². The van der Waals surface area contributed by atoms with Crippen LogP contribution < -0.4 is 10.2 Å². The Morgan fingerprint density at radius 2 is 1.89 bits per heavy atom. The Morgan fingerprint density at radius 1 is 1.21 bits per heavy atom. The van der Waals surface area contributed by atoms with Gasteiger partial charge in [-0.1, -0.05) is 13.8 Å². The number of nitrogens with one attached hydrogen (secondary N) is 1. The molecule has 1 saturated carbocycles. The van der Waals surface area contributed by atoms with E-state index in [-0.39, 0.29) is 0 Å². The van der Waals surface area contributed by atoms with Crippen molar-refractivity contribution in [2.75, 3.05) is 24.3 Å². The molecule has 2 rings (SSSR count). The Kier molecular flexibility index (Phi) is 4.67. The third-order valence-corrected chi connectivity index (χ3v) is 4.35. The molecule has 0 radical (unpaired) electrons. The lowest BCUT2D eigenvalue weighted by atomic mass is 9.79. The molecule has 19 heavy (non-hydrogen) atoms. The molecule has 1 heterocycles. The van der Waals surface area contributed by atoms with Crippen LogP contribution >= 0.6 is 0 Å². The van der Waals surface area contributed by atoms with Gasteiger partial charge in [-0.15, -0.1) is 0 Å². The van der Waals surface area contributed by atoms with Gasteiger partial charge in [0.15, 0.2) is 0 Å². The van der Waals surface area contributed by atoms with Gasteiger partial charge in [-0.3, -0.25) is 4.98 Å². The predicted octanol–water partition coefficient (Wildman–Crippen LogP) is 3.77. The van der Waals surface area contributed by atoms with Gasteiger partial charge >= 0.3 is 0 Å². The van der Waals surface area contributed by atoms with E-state index in [0.29, 0.717) is 6.04 Å². The fourth-order valence-corrected chi connectivity index (χ4v) is 3.04. The number of nitrogens with zero attached hydrogens (tertiary/aromatic N) is 2. The molecule has 0 aliphatic heterocycles. The van der Waals surface area contributed by atoms with Crippen LogP contribution in [0.2, 0.25) is 0 Å². The fourth-order valence-electron chi connectivity index (χ4n) is 3.04. The molecule has 0 saturated heterocycles. The van der Waals surface area contributed by atoms with Crippen molar-refractivity contribution in [1.82, 2.24) is 4.98 Å². The van der Waals surface area contributed by atoms with Crippen molar-refractivity contribution >= 4 is 11.4 Å². The summed E-state index contributed by atoms with van der Waals surface area (Å²) in [6, 6.07) is 2.68. The molecule has 3 nitrogen and oxygen atoms in total. The second-order valence-corrected chi connectivity index (χ2v) is 6.29. The Morgan fingerprint density at radius 3 is 2.47 bits per heavy atom. The van der Waals surface area contributed by atoms with Crippen molar-refractivity contribution in [2.45, 2.75) is 45.6 Å². The molecule has 0 bridgehead atoms. The molecule has 106 valence electrons. The molecule has 1 aromatic rings. The van der Waals surface area contributed by atoms with Crippen LogP contribution in [0.3, 0.4) is 0 Å². The molecule has 1 aliphatic rings. The van der Waals surface area contributed by atoms with Crippen molar-refractivity contribution in [1.29, 1.82) is 0 Å². The molecule has 1 aliphatic carbocycles. The molecule has 1 N–H and O–H groups in total. The summed E-state index contributed by atoms with van der Waals surface area (Å²) in [5, 5.41) is 3.69. The van der Waals surface area contributed by atoms with E-state index >= 15 is 0 Å². The maximum Gasteiger partial charge on any atom is 0.0766 e. The summed E-state index contributed by atoms with van der Waals surface area (Å²) in [7, 11) is 4.16. The molecular weight excluding hydrogens is 234 g/mol. The normalized spacial score (nSPS) is 23.4. The standard InChI is InChI=1S/C16H27N3/c1-12(2)13-5-7-14(8-6-13)18-15-11-17-10-9-16(15)19(3)4/h9-14,18H,5-8H2,1-4H3. The van der Waals surface area contributed by atoms with Crippen LogP contribution in [0.25, 0.3) is 0 Å². The van der Waals surface area contributed by atoms with Crippen molar-refractivity contribution in [3.63, 3.8) is 0 Å². The molecule has 0 spiro atoms. The van der Waals surface area contributed by atoms with Gasteiger partial charge in [-0.2, -0.15) is 0 Å². The minimum Gasteiger partial charge on any atom is -0.379 e. The monoisotopic (exact) mass is 261 g/mol. The Labute approximate surface area is 117 Å². The topological polar surface area (TPSA) is 28.2 Å². The number of pyridine rings is 1. The highest BCUT2D eigenvalue weighted by Gasteiger charge is 2.23. The van der Waals surface area contributed by atoms with E-state index < -0.39 is 0 Å².